The molecule has 0 fully saturated rings. The van der Waals surface area contributed by atoms with Crippen LogP contribution in [-0.2, 0) is 17.3 Å². The lowest BCUT2D eigenvalue weighted by atomic mass is 10.4. The second-order valence-electron chi connectivity index (χ2n) is 3.50. The van der Waals surface area contributed by atoms with Gasteiger partial charge in [-0.15, -0.1) is 10.2 Å². The molecule has 0 aliphatic carbocycles. The molecule has 0 amide bonds. The zero-order chi connectivity index (χ0) is 14.8. The lowest BCUT2D eigenvalue weighted by molar-refractivity contribution is -0.146. The molecule has 0 radical (unpaired) electrons. The molecule has 110 valence electrons. The van der Waals surface area contributed by atoms with Crippen LogP contribution in [0.4, 0.5) is 13.2 Å². The van der Waals surface area contributed by atoms with Gasteiger partial charge in [0.2, 0.25) is 5.16 Å². The van der Waals surface area contributed by atoms with Gasteiger partial charge in [-0.05, 0) is 23.3 Å². The van der Waals surface area contributed by atoms with Gasteiger partial charge in [-0.25, -0.2) is 9.66 Å². The molecule has 2 heterocycles. The topological polar surface area (TPSA) is 91.7 Å². The van der Waals surface area contributed by atoms with E-state index in [9.17, 15) is 13.2 Å². The maximum atomic E-state index is 12.5. The van der Waals surface area contributed by atoms with Crippen molar-refractivity contribution in [2.24, 2.45) is 0 Å². The Morgan fingerprint density at radius 2 is 2.15 bits per heavy atom. The van der Waals surface area contributed by atoms with Crippen LogP contribution in [0.3, 0.4) is 0 Å². The van der Waals surface area contributed by atoms with Gasteiger partial charge in [0, 0.05) is 13.5 Å². The van der Waals surface area contributed by atoms with Crippen LogP contribution in [0.5, 0.6) is 0 Å². The Morgan fingerprint density at radius 3 is 2.75 bits per heavy atom. The average molecular weight is 326 g/mol. The van der Waals surface area contributed by atoms with Crippen LogP contribution < -0.4 is 5.84 Å². The molecule has 12 heteroatoms. The van der Waals surface area contributed by atoms with E-state index < -0.39 is 12.0 Å². The highest BCUT2D eigenvalue weighted by Gasteiger charge is 2.38. The summed E-state index contributed by atoms with van der Waals surface area (Å²) in [6.07, 6.45) is -4.12. The first-order valence-corrected chi connectivity index (χ1v) is 6.78. The molecule has 20 heavy (non-hydrogen) atoms. The number of nitrogens with two attached hydrogens (primary N) is 1. The zero-order valence-corrected chi connectivity index (χ0v) is 11.7. The minimum Gasteiger partial charge on any atom is -0.384 e. The number of ether oxygens (including phenoxy) is 1. The Morgan fingerprint density at radius 1 is 1.40 bits per heavy atom. The predicted molar refractivity (Wildman–Crippen MR) is 64.8 cm³/mol. The van der Waals surface area contributed by atoms with Crippen molar-refractivity contribution < 1.29 is 17.9 Å². The van der Waals surface area contributed by atoms with Gasteiger partial charge < -0.3 is 10.6 Å². The number of alkyl halides is 3. The third-order valence-electron chi connectivity index (χ3n) is 2.08. The van der Waals surface area contributed by atoms with E-state index in [1.807, 2.05) is 0 Å². The van der Waals surface area contributed by atoms with E-state index in [1.165, 1.54) is 0 Å². The predicted octanol–water partition coefficient (Wildman–Crippen LogP) is 1.20. The summed E-state index contributed by atoms with van der Waals surface area (Å²) in [5.41, 5.74) is 0. The monoisotopic (exact) mass is 326 g/mol. The van der Waals surface area contributed by atoms with Crippen molar-refractivity contribution in [2.45, 2.75) is 22.1 Å². The fraction of sp³-hybridized carbons (Fsp3) is 0.500. The highest BCUT2D eigenvalue weighted by molar-refractivity contribution is 8.00. The normalized spacial score (nSPS) is 12.0. The molecular formula is C8H9F3N6OS2. The van der Waals surface area contributed by atoms with Crippen molar-refractivity contribution in [2.75, 3.05) is 19.6 Å². The van der Waals surface area contributed by atoms with Gasteiger partial charge in [0.05, 0.1) is 6.61 Å². The van der Waals surface area contributed by atoms with Crippen molar-refractivity contribution in [3.63, 3.8) is 0 Å². The van der Waals surface area contributed by atoms with Crippen molar-refractivity contribution in [3.05, 3.63) is 11.6 Å². The summed E-state index contributed by atoms with van der Waals surface area (Å²) < 4.78 is 47.2. The van der Waals surface area contributed by atoms with Gasteiger partial charge in [-0.2, -0.15) is 17.5 Å². The molecule has 0 spiro atoms. The quantitative estimate of drug-likeness (QED) is 0.825. The smallest absolute Gasteiger partial charge is 0.384 e. The maximum Gasteiger partial charge on any atom is 0.453 e. The van der Waals surface area contributed by atoms with Gasteiger partial charge in [0.1, 0.15) is 5.82 Å². The number of halogens is 3. The number of hydrogen-bond donors (Lipinski definition) is 1. The molecule has 2 aromatic heterocycles. The lowest BCUT2D eigenvalue weighted by Gasteiger charge is -2.04. The highest BCUT2D eigenvalue weighted by Crippen LogP contribution is 2.32. The Bertz CT molecular complexity index is 583. The molecule has 0 saturated carbocycles. The van der Waals surface area contributed by atoms with E-state index in [4.69, 9.17) is 10.6 Å². The summed E-state index contributed by atoms with van der Waals surface area (Å²) in [4.78, 5) is 4.13. The second-order valence-corrected chi connectivity index (χ2v) is 5.46. The van der Waals surface area contributed by atoms with E-state index in [2.05, 4.69) is 19.6 Å². The van der Waals surface area contributed by atoms with E-state index >= 15 is 0 Å². The standard InChI is InChI=1S/C8H9F3N6OS2/c1-18-3-2-4-13-7(20-16-4)19-6-15-14-5(17(6)12)8(9,10)11/h2-3,12H2,1H3. The molecule has 2 N–H and O–H groups in total. The van der Waals surface area contributed by atoms with Crippen LogP contribution in [0.15, 0.2) is 9.50 Å². The molecule has 0 atom stereocenters. The first kappa shape index (κ1) is 15.0. The summed E-state index contributed by atoms with van der Waals surface area (Å²) in [6, 6.07) is 0. The number of hydrogen-bond acceptors (Lipinski definition) is 8. The third-order valence-corrected chi connectivity index (χ3v) is 3.83. The SMILES string of the molecule is COCCc1nsc(Sc2nnc(C(F)(F)F)n2N)n1. The molecular weight excluding hydrogens is 317 g/mol. The summed E-state index contributed by atoms with van der Waals surface area (Å²) in [5.74, 6) is 4.61. The van der Waals surface area contributed by atoms with Crippen LogP contribution in [0.2, 0.25) is 0 Å². The molecule has 0 saturated heterocycles. The van der Waals surface area contributed by atoms with E-state index in [-0.39, 0.29) is 5.16 Å². The van der Waals surface area contributed by atoms with Gasteiger partial charge in [-0.3, -0.25) is 0 Å². The molecule has 2 aromatic rings. The zero-order valence-electron chi connectivity index (χ0n) is 10.1. The molecule has 0 bridgehead atoms. The Kier molecular flexibility index (Phi) is 4.45. The summed E-state index contributed by atoms with van der Waals surface area (Å²) in [5, 5.41) is 6.31. The number of rotatable bonds is 5. The molecule has 0 aromatic carbocycles. The minimum atomic E-state index is -4.65. The van der Waals surface area contributed by atoms with Gasteiger partial charge in [-0.1, -0.05) is 0 Å². The van der Waals surface area contributed by atoms with E-state index in [0.29, 0.717) is 27.9 Å². The Balaban J connectivity index is 2.10. The largest absolute Gasteiger partial charge is 0.453 e. The highest BCUT2D eigenvalue weighted by atomic mass is 32.2. The van der Waals surface area contributed by atoms with Gasteiger partial charge in [0.25, 0.3) is 5.82 Å². The van der Waals surface area contributed by atoms with Crippen molar-refractivity contribution >= 4 is 23.3 Å². The Hall–Kier alpha value is -1.40. The van der Waals surface area contributed by atoms with Crippen LogP contribution in [0.25, 0.3) is 0 Å². The first-order valence-electron chi connectivity index (χ1n) is 5.19. The average Bonchev–Trinajstić information content (AvgIpc) is 2.95. The minimum absolute atomic E-state index is 0.105. The van der Waals surface area contributed by atoms with E-state index in [1.54, 1.807) is 7.11 Å². The molecule has 0 unspecified atom stereocenters. The van der Waals surface area contributed by atoms with Crippen LogP contribution in [0.1, 0.15) is 11.6 Å². The third kappa shape index (κ3) is 3.37. The molecule has 0 aliphatic heterocycles. The number of aromatic nitrogens is 5. The van der Waals surface area contributed by atoms with Crippen LogP contribution in [0, 0.1) is 0 Å². The number of nitrogen functional groups attached to an aromatic ring is 1. The summed E-state index contributed by atoms with van der Waals surface area (Å²) in [6.45, 7) is 0.464. The molecule has 2 rings (SSSR count). The van der Waals surface area contributed by atoms with E-state index in [0.717, 1.165) is 23.3 Å². The van der Waals surface area contributed by atoms with Crippen molar-refractivity contribution in [3.8, 4) is 0 Å². The fourth-order valence-corrected chi connectivity index (χ4v) is 2.71. The Labute approximate surface area is 119 Å². The lowest BCUT2D eigenvalue weighted by Crippen LogP contribution is -2.21. The second kappa shape index (κ2) is 5.93. The number of methoxy groups -OCH3 is 1. The maximum absolute atomic E-state index is 12.5. The number of nitrogens with zero attached hydrogens (tertiary/aromatic N) is 5. The first-order chi connectivity index (χ1) is 9.41. The van der Waals surface area contributed by atoms with Gasteiger partial charge >= 0.3 is 6.18 Å². The van der Waals surface area contributed by atoms with Crippen molar-refractivity contribution in [1.29, 1.82) is 0 Å². The van der Waals surface area contributed by atoms with Crippen molar-refractivity contribution in [1.82, 2.24) is 24.2 Å². The summed E-state index contributed by atoms with van der Waals surface area (Å²) in [7, 11) is 1.55. The molecule has 7 nitrogen and oxygen atoms in total. The van der Waals surface area contributed by atoms with Gasteiger partial charge in [0.15, 0.2) is 4.34 Å². The molecule has 0 aliphatic rings. The fourth-order valence-electron chi connectivity index (χ4n) is 1.19. The van der Waals surface area contributed by atoms with Crippen LogP contribution >= 0.6 is 23.3 Å². The van der Waals surface area contributed by atoms with Crippen LogP contribution in [-0.4, -0.2) is 37.9 Å². The summed E-state index contributed by atoms with van der Waals surface area (Å²) >= 11 is 1.92.